The van der Waals surface area contributed by atoms with Crippen molar-refractivity contribution in [1.82, 2.24) is 15.1 Å². The molecule has 218 valence electrons. The van der Waals surface area contributed by atoms with Crippen LogP contribution in [0.4, 0.5) is 11.5 Å². The number of methoxy groups -OCH3 is 1. The topological polar surface area (TPSA) is 89.1 Å². The van der Waals surface area contributed by atoms with E-state index in [1.165, 1.54) is 5.56 Å². The predicted molar refractivity (Wildman–Crippen MR) is 165 cm³/mol. The summed E-state index contributed by atoms with van der Waals surface area (Å²) in [6, 6.07) is 25.4. The van der Waals surface area contributed by atoms with Crippen LogP contribution >= 0.6 is 0 Å². The van der Waals surface area contributed by atoms with Gasteiger partial charge < -0.3 is 24.4 Å². The molecule has 0 radical (unpaired) electrons. The molecule has 0 aliphatic carbocycles. The van der Waals surface area contributed by atoms with Gasteiger partial charge in [0.1, 0.15) is 17.2 Å². The van der Waals surface area contributed by atoms with Gasteiger partial charge in [-0.2, -0.15) is 0 Å². The van der Waals surface area contributed by atoms with Crippen LogP contribution in [0.3, 0.4) is 0 Å². The second kappa shape index (κ2) is 13.8. The van der Waals surface area contributed by atoms with Gasteiger partial charge in [0.05, 0.1) is 20.3 Å². The molecule has 0 unspecified atom stereocenters. The van der Waals surface area contributed by atoms with Crippen molar-refractivity contribution in [1.29, 1.82) is 0 Å². The fourth-order valence-electron chi connectivity index (χ4n) is 4.98. The molecule has 0 atom stereocenters. The Morgan fingerprint density at radius 2 is 1.52 bits per heavy atom. The van der Waals surface area contributed by atoms with E-state index < -0.39 is 0 Å². The molecular weight excluding hydrogens is 530 g/mol. The lowest BCUT2D eigenvalue weighted by Crippen LogP contribution is -2.46. The van der Waals surface area contributed by atoms with Crippen LogP contribution in [0.1, 0.15) is 29.9 Å². The van der Waals surface area contributed by atoms with Crippen molar-refractivity contribution in [3.05, 3.63) is 90.1 Å². The minimum absolute atomic E-state index is 0.269. The standard InChI is InChI=1S/C33H37N5O4/c1-4-41-29-8-6-7-25(21-29)26-19-24(20-30(22-26)42-5-2)23-37-15-17-38(18-16-37)32-14-13-31(35-36-32)33(39)34-27-9-11-28(40-3)12-10-27/h6-14,19-22H,4-5,15-18,23H2,1-3H3,(H,34,39). The fourth-order valence-corrected chi connectivity index (χ4v) is 4.98. The summed E-state index contributed by atoms with van der Waals surface area (Å²) in [7, 11) is 1.60. The summed E-state index contributed by atoms with van der Waals surface area (Å²) in [4.78, 5) is 17.3. The van der Waals surface area contributed by atoms with Crippen LogP contribution in [-0.2, 0) is 6.54 Å². The van der Waals surface area contributed by atoms with E-state index >= 15 is 0 Å². The Morgan fingerprint density at radius 3 is 2.21 bits per heavy atom. The van der Waals surface area contributed by atoms with Crippen molar-refractivity contribution in [2.75, 3.05) is 56.7 Å². The fraction of sp³-hybridized carbons (Fsp3) is 0.303. The third kappa shape index (κ3) is 7.36. The molecule has 1 saturated heterocycles. The number of hydrogen-bond donors (Lipinski definition) is 1. The highest BCUT2D eigenvalue weighted by Crippen LogP contribution is 2.30. The minimum atomic E-state index is -0.303. The van der Waals surface area contributed by atoms with E-state index in [0.29, 0.717) is 18.9 Å². The first-order chi connectivity index (χ1) is 20.5. The molecule has 2 heterocycles. The number of anilines is 2. The van der Waals surface area contributed by atoms with E-state index in [1.54, 1.807) is 37.4 Å². The molecule has 1 amide bonds. The van der Waals surface area contributed by atoms with Gasteiger partial charge in [-0.3, -0.25) is 9.69 Å². The zero-order valence-electron chi connectivity index (χ0n) is 24.4. The van der Waals surface area contributed by atoms with Gasteiger partial charge in [0, 0.05) is 38.4 Å². The molecule has 9 heteroatoms. The molecule has 1 aromatic heterocycles. The lowest BCUT2D eigenvalue weighted by Gasteiger charge is -2.35. The monoisotopic (exact) mass is 567 g/mol. The lowest BCUT2D eigenvalue weighted by molar-refractivity contribution is 0.102. The second-order valence-electron chi connectivity index (χ2n) is 9.98. The smallest absolute Gasteiger partial charge is 0.276 e. The van der Waals surface area contributed by atoms with Crippen LogP contribution < -0.4 is 24.4 Å². The average molecular weight is 568 g/mol. The van der Waals surface area contributed by atoms with E-state index in [-0.39, 0.29) is 11.6 Å². The summed E-state index contributed by atoms with van der Waals surface area (Å²) in [6.07, 6.45) is 0. The highest BCUT2D eigenvalue weighted by atomic mass is 16.5. The minimum Gasteiger partial charge on any atom is -0.497 e. The Balaban J connectivity index is 1.19. The van der Waals surface area contributed by atoms with Gasteiger partial charge in [-0.1, -0.05) is 12.1 Å². The van der Waals surface area contributed by atoms with E-state index in [0.717, 1.165) is 66.9 Å². The first-order valence-corrected chi connectivity index (χ1v) is 14.3. The average Bonchev–Trinajstić information content (AvgIpc) is 3.02. The van der Waals surface area contributed by atoms with Gasteiger partial charge in [-0.25, -0.2) is 0 Å². The number of amides is 1. The molecule has 0 spiro atoms. The van der Waals surface area contributed by atoms with E-state index in [4.69, 9.17) is 14.2 Å². The zero-order chi connectivity index (χ0) is 29.3. The third-order valence-electron chi connectivity index (χ3n) is 7.09. The van der Waals surface area contributed by atoms with Crippen LogP contribution in [0.5, 0.6) is 17.2 Å². The molecular formula is C33H37N5O4. The van der Waals surface area contributed by atoms with Crippen molar-refractivity contribution in [2.45, 2.75) is 20.4 Å². The molecule has 1 N–H and O–H groups in total. The van der Waals surface area contributed by atoms with Crippen LogP contribution in [0, 0.1) is 0 Å². The third-order valence-corrected chi connectivity index (χ3v) is 7.09. The van der Waals surface area contributed by atoms with E-state index in [1.807, 2.05) is 32.0 Å². The van der Waals surface area contributed by atoms with Gasteiger partial charge in [0.25, 0.3) is 5.91 Å². The predicted octanol–water partition coefficient (Wildman–Crippen LogP) is 5.52. The largest absolute Gasteiger partial charge is 0.497 e. The quantitative estimate of drug-likeness (QED) is 0.253. The van der Waals surface area contributed by atoms with Gasteiger partial charge >= 0.3 is 0 Å². The maximum atomic E-state index is 12.6. The van der Waals surface area contributed by atoms with Crippen molar-refractivity contribution >= 4 is 17.4 Å². The summed E-state index contributed by atoms with van der Waals surface area (Å²) >= 11 is 0. The van der Waals surface area contributed by atoms with Crippen molar-refractivity contribution in [3.63, 3.8) is 0 Å². The summed E-state index contributed by atoms with van der Waals surface area (Å²) in [6.45, 7) is 9.48. The molecule has 3 aromatic carbocycles. The lowest BCUT2D eigenvalue weighted by atomic mass is 10.0. The van der Waals surface area contributed by atoms with Gasteiger partial charge in [0.2, 0.25) is 0 Å². The number of benzene rings is 3. The maximum absolute atomic E-state index is 12.6. The van der Waals surface area contributed by atoms with Crippen molar-refractivity contribution in [2.24, 2.45) is 0 Å². The summed E-state index contributed by atoms with van der Waals surface area (Å²) in [5.74, 6) is 2.93. The van der Waals surface area contributed by atoms with Gasteiger partial charge in [-0.15, -0.1) is 10.2 Å². The molecule has 0 saturated carbocycles. The molecule has 5 rings (SSSR count). The summed E-state index contributed by atoms with van der Waals surface area (Å²) in [5.41, 5.74) is 4.36. The number of piperazine rings is 1. The Hall–Kier alpha value is -4.63. The van der Waals surface area contributed by atoms with E-state index in [9.17, 15) is 4.79 Å². The number of rotatable bonds is 11. The number of aromatic nitrogens is 2. The number of carbonyl (C=O) groups is 1. The summed E-state index contributed by atoms with van der Waals surface area (Å²) in [5, 5.41) is 11.4. The Morgan fingerprint density at radius 1 is 0.786 bits per heavy atom. The number of ether oxygens (including phenoxy) is 3. The Bertz CT molecular complexity index is 1470. The number of carbonyl (C=O) groups excluding carboxylic acids is 1. The normalized spacial score (nSPS) is 13.5. The molecule has 1 aliphatic heterocycles. The SMILES string of the molecule is CCOc1cccc(-c2cc(CN3CCN(c4ccc(C(=O)Nc5ccc(OC)cc5)nn4)CC3)cc(OCC)c2)c1. The van der Waals surface area contributed by atoms with Crippen LogP contribution in [0.15, 0.2) is 78.9 Å². The second-order valence-corrected chi connectivity index (χ2v) is 9.98. The number of hydrogen-bond acceptors (Lipinski definition) is 8. The van der Waals surface area contributed by atoms with Crippen LogP contribution in [0.2, 0.25) is 0 Å². The maximum Gasteiger partial charge on any atom is 0.276 e. The first kappa shape index (κ1) is 28.9. The van der Waals surface area contributed by atoms with Crippen molar-refractivity contribution in [3.8, 4) is 28.4 Å². The molecule has 0 bridgehead atoms. The molecule has 4 aromatic rings. The first-order valence-electron chi connectivity index (χ1n) is 14.3. The van der Waals surface area contributed by atoms with Crippen molar-refractivity contribution < 1.29 is 19.0 Å². The molecule has 1 fully saturated rings. The van der Waals surface area contributed by atoms with Crippen LogP contribution in [0.25, 0.3) is 11.1 Å². The Kier molecular flexibility index (Phi) is 9.51. The number of nitrogens with one attached hydrogen (secondary N) is 1. The Labute approximate surface area is 247 Å². The highest BCUT2D eigenvalue weighted by Gasteiger charge is 2.20. The molecule has 42 heavy (non-hydrogen) atoms. The highest BCUT2D eigenvalue weighted by molar-refractivity contribution is 6.02. The number of nitrogens with zero attached hydrogens (tertiary/aromatic N) is 4. The molecule has 1 aliphatic rings. The zero-order valence-corrected chi connectivity index (χ0v) is 24.4. The van der Waals surface area contributed by atoms with Gasteiger partial charge in [0.15, 0.2) is 11.5 Å². The van der Waals surface area contributed by atoms with Gasteiger partial charge in [-0.05, 0) is 97.3 Å². The summed E-state index contributed by atoms with van der Waals surface area (Å²) < 4.78 is 16.8. The van der Waals surface area contributed by atoms with E-state index in [2.05, 4.69) is 55.6 Å². The molecule has 9 nitrogen and oxygen atoms in total. The van der Waals surface area contributed by atoms with Crippen LogP contribution in [-0.4, -0.2) is 67.5 Å².